The summed E-state index contributed by atoms with van der Waals surface area (Å²) in [6.07, 6.45) is 3.52. The fourth-order valence-electron chi connectivity index (χ4n) is 3.80. The van der Waals surface area contributed by atoms with Crippen LogP contribution in [-0.2, 0) is 19.8 Å². The maximum Gasteiger partial charge on any atom is 0.184 e. The molecule has 0 aliphatic carbocycles. The van der Waals surface area contributed by atoms with E-state index in [0.29, 0.717) is 26.1 Å². The van der Waals surface area contributed by atoms with Crippen molar-refractivity contribution in [3.8, 4) is 0 Å². The summed E-state index contributed by atoms with van der Waals surface area (Å²) in [6, 6.07) is 7.95. The highest BCUT2D eigenvalue weighted by molar-refractivity contribution is 5.34. The Balaban J connectivity index is 1.70. The fraction of sp³-hybridized carbons (Fsp3) is 0.625. The number of hydrogen-bond donors (Lipinski definition) is 1. The maximum atomic E-state index is 11.2. The molecule has 1 aromatic rings. The SMILES string of the molecule is OC1(c2ccccc2C2OCCO2)CC2CCC(C1)O2. The monoisotopic (exact) mass is 276 g/mol. The van der Waals surface area contributed by atoms with Crippen LogP contribution in [0.4, 0.5) is 0 Å². The van der Waals surface area contributed by atoms with E-state index in [0.717, 1.165) is 24.0 Å². The summed E-state index contributed by atoms with van der Waals surface area (Å²) < 4.78 is 17.1. The van der Waals surface area contributed by atoms with Crippen LogP contribution >= 0.6 is 0 Å². The van der Waals surface area contributed by atoms with Crippen molar-refractivity contribution in [2.45, 2.75) is 49.8 Å². The first-order chi connectivity index (χ1) is 9.74. The second-order valence-electron chi connectivity index (χ2n) is 6.06. The van der Waals surface area contributed by atoms with Crippen LogP contribution in [0.1, 0.15) is 43.1 Å². The molecule has 20 heavy (non-hydrogen) atoms. The molecule has 108 valence electrons. The molecule has 3 heterocycles. The van der Waals surface area contributed by atoms with Gasteiger partial charge in [0.15, 0.2) is 6.29 Å². The van der Waals surface area contributed by atoms with Crippen molar-refractivity contribution in [1.82, 2.24) is 0 Å². The van der Waals surface area contributed by atoms with Gasteiger partial charge in [-0.05, 0) is 18.4 Å². The zero-order valence-corrected chi connectivity index (χ0v) is 11.5. The van der Waals surface area contributed by atoms with E-state index in [1.54, 1.807) is 0 Å². The second-order valence-corrected chi connectivity index (χ2v) is 6.06. The highest BCUT2D eigenvalue weighted by Gasteiger charge is 2.46. The molecule has 0 amide bonds. The number of hydrogen-bond acceptors (Lipinski definition) is 4. The quantitative estimate of drug-likeness (QED) is 0.900. The number of fused-ring (bicyclic) bond motifs is 2. The molecule has 0 spiro atoms. The largest absolute Gasteiger partial charge is 0.385 e. The van der Waals surface area contributed by atoms with Gasteiger partial charge < -0.3 is 19.3 Å². The van der Waals surface area contributed by atoms with Crippen molar-refractivity contribution in [2.75, 3.05) is 13.2 Å². The molecule has 4 nitrogen and oxygen atoms in total. The van der Waals surface area contributed by atoms with Gasteiger partial charge in [0, 0.05) is 18.4 Å². The van der Waals surface area contributed by atoms with E-state index in [9.17, 15) is 5.11 Å². The van der Waals surface area contributed by atoms with E-state index in [2.05, 4.69) is 0 Å². The molecule has 0 radical (unpaired) electrons. The molecule has 2 atom stereocenters. The summed E-state index contributed by atoms with van der Waals surface area (Å²) in [7, 11) is 0. The van der Waals surface area contributed by atoms with Crippen molar-refractivity contribution in [1.29, 1.82) is 0 Å². The van der Waals surface area contributed by atoms with E-state index in [4.69, 9.17) is 14.2 Å². The summed E-state index contributed by atoms with van der Waals surface area (Å²) in [4.78, 5) is 0. The molecule has 4 heteroatoms. The Hall–Kier alpha value is -0.940. The van der Waals surface area contributed by atoms with Crippen LogP contribution in [-0.4, -0.2) is 30.5 Å². The molecule has 3 aliphatic rings. The van der Waals surface area contributed by atoms with Gasteiger partial charge in [-0.3, -0.25) is 0 Å². The predicted octanol–water partition coefficient (Wildman–Crippen LogP) is 2.26. The van der Waals surface area contributed by atoms with Gasteiger partial charge in [-0.15, -0.1) is 0 Å². The smallest absolute Gasteiger partial charge is 0.184 e. The number of rotatable bonds is 2. The van der Waals surface area contributed by atoms with E-state index < -0.39 is 5.60 Å². The lowest BCUT2D eigenvalue weighted by molar-refractivity contribution is -0.119. The van der Waals surface area contributed by atoms with Crippen LogP contribution in [0, 0.1) is 0 Å². The van der Waals surface area contributed by atoms with E-state index in [1.165, 1.54) is 0 Å². The average molecular weight is 276 g/mol. The summed E-state index contributed by atoms with van der Waals surface area (Å²) in [6.45, 7) is 1.23. The Morgan fingerprint density at radius 3 is 2.35 bits per heavy atom. The highest BCUT2D eigenvalue weighted by Crippen LogP contribution is 2.46. The van der Waals surface area contributed by atoms with E-state index in [1.807, 2.05) is 24.3 Å². The van der Waals surface area contributed by atoms with Crippen LogP contribution in [0.2, 0.25) is 0 Å². The van der Waals surface area contributed by atoms with Gasteiger partial charge in [-0.2, -0.15) is 0 Å². The summed E-state index contributed by atoms with van der Waals surface area (Å²) in [5, 5.41) is 11.2. The lowest BCUT2D eigenvalue weighted by Gasteiger charge is -2.38. The minimum Gasteiger partial charge on any atom is -0.385 e. The first-order valence-corrected chi connectivity index (χ1v) is 7.45. The first-order valence-electron chi connectivity index (χ1n) is 7.45. The Morgan fingerprint density at radius 2 is 1.65 bits per heavy atom. The summed E-state index contributed by atoms with van der Waals surface area (Å²) in [5.41, 5.74) is 1.11. The lowest BCUT2D eigenvalue weighted by Crippen LogP contribution is -2.39. The number of ether oxygens (including phenoxy) is 3. The van der Waals surface area contributed by atoms with Gasteiger partial charge in [0.05, 0.1) is 31.0 Å². The molecule has 1 aromatic carbocycles. The second kappa shape index (κ2) is 4.81. The Kier molecular flexibility index (Phi) is 3.07. The van der Waals surface area contributed by atoms with Gasteiger partial charge in [0.2, 0.25) is 0 Å². The zero-order chi connectivity index (χ0) is 13.6. The van der Waals surface area contributed by atoms with Crippen LogP contribution in [0.5, 0.6) is 0 Å². The van der Waals surface area contributed by atoms with Crippen LogP contribution in [0.15, 0.2) is 24.3 Å². The maximum absolute atomic E-state index is 11.2. The molecule has 1 N–H and O–H groups in total. The molecule has 4 rings (SSSR count). The molecule has 3 aliphatic heterocycles. The minimum absolute atomic E-state index is 0.192. The van der Waals surface area contributed by atoms with Crippen LogP contribution < -0.4 is 0 Å². The third-order valence-corrected chi connectivity index (χ3v) is 4.66. The van der Waals surface area contributed by atoms with Crippen molar-refractivity contribution in [3.05, 3.63) is 35.4 Å². The molecule has 0 saturated carbocycles. The van der Waals surface area contributed by atoms with Gasteiger partial charge >= 0.3 is 0 Å². The Labute approximate surface area is 118 Å². The van der Waals surface area contributed by atoms with Crippen molar-refractivity contribution in [2.24, 2.45) is 0 Å². The lowest BCUT2D eigenvalue weighted by atomic mass is 9.81. The van der Waals surface area contributed by atoms with E-state index in [-0.39, 0.29) is 18.5 Å². The summed E-state index contributed by atoms with van der Waals surface area (Å²) in [5.74, 6) is 0. The highest BCUT2D eigenvalue weighted by atomic mass is 16.7. The van der Waals surface area contributed by atoms with Crippen molar-refractivity contribution >= 4 is 0 Å². The van der Waals surface area contributed by atoms with Crippen molar-refractivity contribution < 1.29 is 19.3 Å². The van der Waals surface area contributed by atoms with E-state index >= 15 is 0 Å². The topological polar surface area (TPSA) is 47.9 Å². The molecule has 3 saturated heterocycles. The minimum atomic E-state index is -0.810. The normalized spacial score (nSPS) is 37.5. The third-order valence-electron chi connectivity index (χ3n) is 4.66. The third kappa shape index (κ3) is 2.07. The van der Waals surface area contributed by atoms with Gasteiger partial charge in [0.1, 0.15) is 0 Å². The van der Waals surface area contributed by atoms with Gasteiger partial charge in [0.25, 0.3) is 0 Å². The van der Waals surface area contributed by atoms with Gasteiger partial charge in [-0.25, -0.2) is 0 Å². The summed E-state index contributed by atoms with van der Waals surface area (Å²) >= 11 is 0. The predicted molar refractivity (Wildman–Crippen MR) is 72.1 cm³/mol. The standard InChI is InChI=1S/C16H20O4/c17-16(9-11-5-6-12(10-16)20-11)14-4-2-1-3-13(14)15-18-7-8-19-15/h1-4,11-12,15,17H,5-10H2. The van der Waals surface area contributed by atoms with Gasteiger partial charge in [-0.1, -0.05) is 24.3 Å². The average Bonchev–Trinajstić information content (AvgIpc) is 3.09. The molecular weight excluding hydrogens is 256 g/mol. The van der Waals surface area contributed by atoms with Crippen LogP contribution in [0.3, 0.4) is 0 Å². The van der Waals surface area contributed by atoms with Crippen molar-refractivity contribution in [3.63, 3.8) is 0 Å². The molecule has 0 aromatic heterocycles. The first kappa shape index (κ1) is 12.8. The Bertz CT molecular complexity index is 483. The molecule has 2 bridgehead atoms. The zero-order valence-electron chi connectivity index (χ0n) is 11.5. The number of benzene rings is 1. The number of aliphatic hydroxyl groups is 1. The van der Waals surface area contributed by atoms with Crippen LogP contribution in [0.25, 0.3) is 0 Å². The molecule has 3 fully saturated rings. The fourth-order valence-corrected chi connectivity index (χ4v) is 3.80. The molecular formula is C16H20O4. The Morgan fingerprint density at radius 1 is 1.00 bits per heavy atom. The molecule has 2 unspecified atom stereocenters.